The van der Waals surface area contributed by atoms with E-state index in [4.69, 9.17) is 14.2 Å². The second-order valence-electron chi connectivity index (χ2n) is 7.18. The topological polar surface area (TPSA) is 92.8 Å². The first kappa shape index (κ1) is 22.2. The van der Waals surface area contributed by atoms with E-state index < -0.39 is 0 Å². The SMILES string of the molecule is COc1cc(-c2nc(SCC(=O)N3CCN(C(C)C)CC3)n[nH]2)cc(OC)c1OC. The van der Waals surface area contributed by atoms with Crippen molar-refractivity contribution >= 4 is 17.7 Å². The van der Waals surface area contributed by atoms with Gasteiger partial charge in [0.05, 0.1) is 27.1 Å². The van der Waals surface area contributed by atoms with Crippen molar-refractivity contribution < 1.29 is 19.0 Å². The van der Waals surface area contributed by atoms with Gasteiger partial charge in [0, 0.05) is 37.8 Å². The number of methoxy groups -OCH3 is 3. The average Bonchev–Trinajstić information content (AvgIpc) is 3.25. The molecule has 3 rings (SSSR count). The Balaban J connectivity index is 1.62. The standard InChI is InChI=1S/C20H29N5O4S/c1-13(2)24-6-8-25(9-7-24)17(26)12-30-20-21-19(22-23-20)14-10-15(27-3)18(29-5)16(11-14)28-4/h10-11,13H,6-9,12H2,1-5H3,(H,21,22,23). The molecule has 164 valence electrons. The molecule has 1 N–H and O–H groups in total. The Morgan fingerprint density at radius 1 is 1.10 bits per heavy atom. The predicted octanol–water partition coefficient (Wildman–Crippen LogP) is 2.14. The number of thioether (sulfide) groups is 1. The quantitative estimate of drug-likeness (QED) is 0.631. The summed E-state index contributed by atoms with van der Waals surface area (Å²) in [5.74, 6) is 2.58. The molecule has 0 radical (unpaired) electrons. The van der Waals surface area contributed by atoms with Crippen LogP contribution in [0.25, 0.3) is 11.4 Å². The number of piperazine rings is 1. The van der Waals surface area contributed by atoms with Crippen LogP contribution in [-0.2, 0) is 4.79 Å². The number of amides is 1. The molecule has 2 heterocycles. The number of aromatic nitrogens is 3. The van der Waals surface area contributed by atoms with Crippen LogP contribution in [-0.4, -0.2) is 90.2 Å². The van der Waals surface area contributed by atoms with E-state index in [-0.39, 0.29) is 5.91 Å². The van der Waals surface area contributed by atoms with Crippen molar-refractivity contribution in [2.45, 2.75) is 25.0 Å². The lowest BCUT2D eigenvalue weighted by atomic mass is 10.1. The van der Waals surface area contributed by atoms with Crippen molar-refractivity contribution in [2.24, 2.45) is 0 Å². The Kier molecular flexibility index (Phi) is 7.43. The van der Waals surface area contributed by atoms with Gasteiger partial charge in [-0.25, -0.2) is 4.98 Å². The maximum atomic E-state index is 12.5. The van der Waals surface area contributed by atoms with E-state index in [1.807, 2.05) is 4.90 Å². The normalized spacial score (nSPS) is 14.8. The summed E-state index contributed by atoms with van der Waals surface area (Å²) in [5, 5.41) is 7.67. The molecule has 1 amide bonds. The van der Waals surface area contributed by atoms with Crippen LogP contribution in [0, 0.1) is 0 Å². The minimum absolute atomic E-state index is 0.113. The van der Waals surface area contributed by atoms with Gasteiger partial charge in [0.2, 0.25) is 16.8 Å². The van der Waals surface area contributed by atoms with Crippen LogP contribution in [0.5, 0.6) is 17.2 Å². The van der Waals surface area contributed by atoms with Crippen LogP contribution in [0.1, 0.15) is 13.8 Å². The van der Waals surface area contributed by atoms with Crippen molar-refractivity contribution in [2.75, 3.05) is 53.3 Å². The van der Waals surface area contributed by atoms with E-state index in [0.29, 0.717) is 40.0 Å². The van der Waals surface area contributed by atoms with Gasteiger partial charge in [-0.05, 0) is 26.0 Å². The molecular formula is C20H29N5O4S. The predicted molar refractivity (Wildman–Crippen MR) is 115 cm³/mol. The van der Waals surface area contributed by atoms with Gasteiger partial charge in [0.25, 0.3) is 0 Å². The molecule has 9 nitrogen and oxygen atoms in total. The molecule has 0 unspecified atom stereocenters. The molecule has 2 aromatic rings. The molecule has 30 heavy (non-hydrogen) atoms. The maximum Gasteiger partial charge on any atom is 0.233 e. The van der Waals surface area contributed by atoms with Gasteiger partial charge in [0.1, 0.15) is 0 Å². The lowest BCUT2D eigenvalue weighted by Crippen LogP contribution is -2.51. The second-order valence-corrected chi connectivity index (χ2v) is 8.12. The highest BCUT2D eigenvalue weighted by Gasteiger charge is 2.23. The molecule has 1 saturated heterocycles. The third-order valence-electron chi connectivity index (χ3n) is 5.13. The number of ether oxygens (including phenoxy) is 3. The van der Waals surface area contributed by atoms with E-state index in [9.17, 15) is 4.79 Å². The maximum absolute atomic E-state index is 12.5. The lowest BCUT2D eigenvalue weighted by molar-refractivity contribution is -0.130. The summed E-state index contributed by atoms with van der Waals surface area (Å²) >= 11 is 1.33. The number of benzene rings is 1. The van der Waals surface area contributed by atoms with Gasteiger partial charge < -0.3 is 19.1 Å². The fraction of sp³-hybridized carbons (Fsp3) is 0.550. The summed E-state index contributed by atoms with van der Waals surface area (Å²) in [6.45, 7) is 7.73. The Bertz CT molecular complexity index is 840. The molecule has 0 saturated carbocycles. The van der Waals surface area contributed by atoms with Crippen LogP contribution >= 0.6 is 11.8 Å². The third kappa shape index (κ3) is 4.99. The van der Waals surface area contributed by atoms with Gasteiger partial charge in [-0.15, -0.1) is 5.10 Å². The van der Waals surface area contributed by atoms with Gasteiger partial charge in [-0.2, -0.15) is 0 Å². The largest absolute Gasteiger partial charge is 0.493 e. The summed E-state index contributed by atoms with van der Waals surface area (Å²) in [5.41, 5.74) is 0.750. The fourth-order valence-electron chi connectivity index (χ4n) is 3.36. The molecule has 1 aliphatic rings. The molecule has 0 bridgehead atoms. The van der Waals surface area contributed by atoms with Crippen molar-refractivity contribution in [3.63, 3.8) is 0 Å². The van der Waals surface area contributed by atoms with Gasteiger partial charge in [-0.3, -0.25) is 14.8 Å². The third-order valence-corrected chi connectivity index (χ3v) is 5.96. The van der Waals surface area contributed by atoms with Crippen LogP contribution in [0.4, 0.5) is 0 Å². The van der Waals surface area contributed by atoms with Crippen LogP contribution in [0.3, 0.4) is 0 Å². The first-order valence-electron chi connectivity index (χ1n) is 9.84. The highest BCUT2D eigenvalue weighted by atomic mass is 32.2. The lowest BCUT2D eigenvalue weighted by Gasteiger charge is -2.36. The Morgan fingerprint density at radius 3 is 2.27 bits per heavy atom. The molecule has 10 heteroatoms. The first-order chi connectivity index (χ1) is 14.5. The summed E-state index contributed by atoms with van der Waals surface area (Å²) < 4.78 is 16.1. The smallest absolute Gasteiger partial charge is 0.233 e. The summed E-state index contributed by atoms with van der Waals surface area (Å²) in [6.07, 6.45) is 0. The fourth-order valence-corrected chi connectivity index (χ4v) is 4.06. The Labute approximate surface area is 181 Å². The first-order valence-corrected chi connectivity index (χ1v) is 10.8. The highest BCUT2D eigenvalue weighted by molar-refractivity contribution is 7.99. The molecule has 0 spiro atoms. The van der Waals surface area contributed by atoms with E-state index in [2.05, 4.69) is 33.9 Å². The monoisotopic (exact) mass is 435 g/mol. The Morgan fingerprint density at radius 2 is 1.73 bits per heavy atom. The molecule has 0 atom stereocenters. The molecule has 0 aliphatic carbocycles. The zero-order valence-corrected chi connectivity index (χ0v) is 18.9. The van der Waals surface area contributed by atoms with Crippen LogP contribution in [0.15, 0.2) is 17.3 Å². The number of hydrogen-bond donors (Lipinski definition) is 1. The van der Waals surface area contributed by atoms with E-state index >= 15 is 0 Å². The molecule has 1 aromatic carbocycles. The number of carbonyl (C=O) groups excluding carboxylic acids is 1. The number of nitrogens with one attached hydrogen (secondary N) is 1. The van der Waals surface area contributed by atoms with Crippen molar-refractivity contribution in [3.05, 3.63) is 12.1 Å². The number of aromatic amines is 1. The minimum Gasteiger partial charge on any atom is -0.493 e. The van der Waals surface area contributed by atoms with Crippen molar-refractivity contribution in [1.82, 2.24) is 25.0 Å². The van der Waals surface area contributed by atoms with Gasteiger partial charge in [0.15, 0.2) is 17.3 Å². The molecule has 1 aromatic heterocycles. The molecular weight excluding hydrogens is 406 g/mol. The number of carbonyl (C=O) groups is 1. The van der Waals surface area contributed by atoms with Crippen molar-refractivity contribution in [1.29, 1.82) is 0 Å². The zero-order chi connectivity index (χ0) is 21.7. The van der Waals surface area contributed by atoms with Gasteiger partial charge in [-0.1, -0.05) is 11.8 Å². The zero-order valence-electron chi connectivity index (χ0n) is 18.1. The Hall–Kier alpha value is -2.46. The highest BCUT2D eigenvalue weighted by Crippen LogP contribution is 2.40. The van der Waals surface area contributed by atoms with E-state index in [1.165, 1.54) is 11.8 Å². The van der Waals surface area contributed by atoms with E-state index in [1.54, 1.807) is 33.5 Å². The van der Waals surface area contributed by atoms with Gasteiger partial charge >= 0.3 is 0 Å². The number of H-pyrrole nitrogens is 1. The van der Waals surface area contributed by atoms with E-state index in [0.717, 1.165) is 31.7 Å². The number of rotatable bonds is 8. The number of nitrogens with zero attached hydrogens (tertiary/aromatic N) is 4. The minimum atomic E-state index is 0.113. The van der Waals surface area contributed by atoms with Crippen molar-refractivity contribution in [3.8, 4) is 28.6 Å². The van der Waals surface area contributed by atoms with Crippen LogP contribution < -0.4 is 14.2 Å². The summed E-state index contributed by atoms with van der Waals surface area (Å²) in [4.78, 5) is 21.3. The average molecular weight is 436 g/mol. The molecule has 1 fully saturated rings. The van der Waals surface area contributed by atoms with Crippen LogP contribution in [0.2, 0.25) is 0 Å². The second kappa shape index (κ2) is 10.0. The molecule has 1 aliphatic heterocycles. The number of hydrogen-bond acceptors (Lipinski definition) is 8. The summed E-state index contributed by atoms with van der Waals surface area (Å²) in [6, 6.07) is 4.12. The summed E-state index contributed by atoms with van der Waals surface area (Å²) in [7, 11) is 4.69.